The Bertz CT molecular complexity index is 993. The fourth-order valence-electron chi connectivity index (χ4n) is 3.27. The summed E-state index contributed by atoms with van der Waals surface area (Å²) in [5.41, 5.74) is 0.843. The smallest absolute Gasteiger partial charge is 0.228 e. The summed E-state index contributed by atoms with van der Waals surface area (Å²) in [7, 11) is 2.06. The molecule has 3 aromatic rings. The predicted octanol–water partition coefficient (Wildman–Crippen LogP) is 3.48. The minimum Gasteiger partial charge on any atom is -0.441 e. The number of pyridine rings is 1. The molecule has 3 heterocycles. The quantitative estimate of drug-likeness (QED) is 0.782. The molecular weight excluding hydrogens is 328 g/mol. The average Bonchev–Trinajstić information content (AvgIpc) is 3.11. The van der Waals surface area contributed by atoms with Crippen molar-refractivity contribution in [1.82, 2.24) is 14.9 Å². The van der Waals surface area contributed by atoms with Gasteiger partial charge in [0.25, 0.3) is 0 Å². The summed E-state index contributed by atoms with van der Waals surface area (Å²) < 4.78 is 14.1. The molecule has 1 amide bonds. The third-order valence-corrected chi connectivity index (χ3v) is 4.88. The molecule has 1 aliphatic rings. The Morgan fingerprint density at radius 2 is 2.08 bits per heavy atom. The summed E-state index contributed by atoms with van der Waals surface area (Å²) in [5, 5.41) is 4.42. The van der Waals surface area contributed by atoms with Crippen LogP contribution < -0.4 is 5.32 Å². The maximum atomic E-state index is 12.6. The molecule has 1 aliphatic heterocycles. The summed E-state index contributed by atoms with van der Waals surface area (Å²) in [6, 6.07) is 5.91. The molecule has 0 radical (unpaired) electrons. The number of carbonyl (C=O) groups is 1. The van der Waals surface area contributed by atoms with Crippen molar-refractivity contribution in [2.75, 3.05) is 25.5 Å². The first kappa shape index (κ1) is 15.5. The zero-order valence-electron chi connectivity index (χ0n) is 16.0. The molecule has 26 heavy (non-hydrogen) atoms. The van der Waals surface area contributed by atoms with Crippen molar-refractivity contribution in [2.45, 2.75) is 19.8 Å². The van der Waals surface area contributed by atoms with Crippen LogP contribution in [0.5, 0.6) is 0 Å². The fraction of sp³-hybridized carbons (Fsp3) is 0.350. The third kappa shape index (κ3) is 3.46. The van der Waals surface area contributed by atoms with E-state index in [-0.39, 0.29) is 17.9 Å². The molecule has 0 atom stereocenters. The summed E-state index contributed by atoms with van der Waals surface area (Å²) in [6.07, 6.45) is 5.02. The molecule has 1 N–H and O–H groups in total. The van der Waals surface area contributed by atoms with Crippen LogP contribution in [0.15, 0.2) is 41.1 Å². The van der Waals surface area contributed by atoms with Crippen molar-refractivity contribution >= 4 is 22.5 Å². The molecule has 1 aromatic carbocycles. The van der Waals surface area contributed by atoms with Crippen LogP contribution in [0.1, 0.15) is 20.1 Å². The van der Waals surface area contributed by atoms with E-state index in [1.165, 1.54) is 0 Å². The number of rotatable bonds is 3. The van der Waals surface area contributed by atoms with E-state index in [2.05, 4.69) is 27.2 Å². The van der Waals surface area contributed by atoms with Crippen LogP contribution in [-0.2, 0) is 4.79 Å². The van der Waals surface area contributed by atoms with Crippen LogP contribution in [0.4, 0.5) is 5.82 Å². The number of nitrogens with one attached hydrogen (secondary N) is 1. The number of likely N-dealkylation sites (tertiary alicyclic amines) is 1. The van der Waals surface area contributed by atoms with Gasteiger partial charge >= 0.3 is 0 Å². The first-order valence-electron chi connectivity index (χ1n) is 9.33. The number of oxazole rings is 1. The summed E-state index contributed by atoms with van der Waals surface area (Å²) in [5.74, 6) is 1.48. The lowest BCUT2D eigenvalue weighted by molar-refractivity contribution is -0.121. The molecule has 1 fully saturated rings. The first-order chi connectivity index (χ1) is 13.0. The number of hydrogen-bond donors (Lipinski definition) is 1. The highest BCUT2D eigenvalue weighted by Gasteiger charge is 2.23. The van der Waals surface area contributed by atoms with E-state index < -0.39 is 0 Å². The van der Waals surface area contributed by atoms with Gasteiger partial charge in [-0.05, 0) is 50.5 Å². The second-order valence-corrected chi connectivity index (χ2v) is 6.84. The normalized spacial score (nSPS) is 16.6. The summed E-state index contributed by atoms with van der Waals surface area (Å²) in [4.78, 5) is 23.2. The zero-order chi connectivity index (χ0) is 19.0. The lowest BCUT2D eigenvalue weighted by Crippen LogP contribution is -2.36. The highest BCUT2D eigenvalue weighted by Crippen LogP contribution is 2.26. The van der Waals surface area contributed by atoms with Crippen molar-refractivity contribution < 1.29 is 10.6 Å². The van der Waals surface area contributed by atoms with E-state index in [1.54, 1.807) is 19.3 Å². The highest BCUT2D eigenvalue weighted by atomic mass is 16.4. The van der Waals surface area contributed by atoms with Crippen LogP contribution in [-0.4, -0.2) is 40.9 Å². The van der Waals surface area contributed by atoms with Crippen molar-refractivity contribution in [2.24, 2.45) is 5.92 Å². The number of aryl methyl sites for hydroxylation is 1. The molecule has 0 spiro atoms. The Balaban J connectivity index is 1.61. The number of carbonyl (C=O) groups excluding carboxylic acids is 1. The SMILES string of the molecule is [2H]c1c(NC(=O)C2CCN(C)CC2)ncc2ccc(-c3cnc(C)o3)cc12. The van der Waals surface area contributed by atoms with Gasteiger partial charge in [-0.3, -0.25) is 4.79 Å². The molecule has 6 heteroatoms. The van der Waals surface area contributed by atoms with Gasteiger partial charge < -0.3 is 14.6 Å². The van der Waals surface area contributed by atoms with Crippen LogP contribution >= 0.6 is 0 Å². The molecule has 6 nitrogen and oxygen atoms in total. The van der Waals surface area contributed by atoms with E-state index in [1.807, 2.05) is 18.2 Å². The molecule has 0 unspecified atom stereocenters. The topological polar surface area (TPSA) is 71.3 Å². The minimum atomic E-state index is -0.0505. The van der Waals surface area contributed by atoms with Gasteiger partial charge in [-0.1, -0.05) is 12.1 Å². The lowest BCUT2D eigenvalue weighted by atomic mass is 9.96. The average molecular weight is 351 g/mol. The van der Waals surface area contributed by atoms with Gasteiger partial charge in [0, 0.05) is 30.0 Å². The minimum absolute atomic E-state index is 0.0263. The molecule has 0 bridgehead atoms. The Labute approximate surface area is 153 Å². The van der Waals surface area contributed by atoms with Gasteiger partial charge in [-0.15, -0.1) is 0 Å². The number of piperidine rings is 1. The lowest BCUT2D eigenvalue weighted by Gasteiger charge is -2.27. The maximum Gasteiger partial charge on any atom is 0.228 e. The van der Waals surface area contributed by atoms with Crippen LogP contribution in [0.2, 0.25) is 0 Å². The molecule has 2 aromatic heterocycles. The Kier molecular flexibility index (Phi) is 4.11. The summed E-state index contributed by atoms with van der Waals surface area (Å²) in [6.45, 7) is 3.62. The zero-order valence-corrected chi connectivity index (χ0v) is 15.0. The van der Waals surface area contributed by atoms with Gasteiger partial charge in [0.15, 0.2) is 11.7 Å². The maximum absolute atomic E-state index is 12.6. The van der Waals surface area contributed by atoms with E-state index >= 15 is 0 Å². The van der Waals surface area contributed by atoms with Gasteiger partial charge in [-0.2, -0.15) is 0 Å². The molecule has 4 rings (SSSR count). The Morgan fingerprint density at radius 1 is 1.27 bits per heavy atom. The third-order valence-electron chi connectivity index (χ3n) is 4.88. The van der Waals surface area contributed by atoms with Gasteiger partial charge in [-0.25, -0.2) is 9.97 Å². The van der Waals surface area contributed by atoms with E-state index in [9.17, 15) is 4.79 Å². The number of aromatic nitrogens is 2. The van der Waals surface area contributed by atoms with Crippen molar-refractivity contribution in [3.05, 3.63) is 42.5 Å². The number of anilines is 1. The summed E-state index contributed by atoms with van der Waals surface area (Å²) >= 11 is 0. The molecule has 0 aliphatic carbocycles. The van der Waals surface area contributed by atoms with Crippen molar-refractivity contribution in [3.63, 3.8) is 0 Å². The van der Waals surface area contributed by atoms with Gasteiger partial charge in [0.2, 0.25) is 5.91 Å². The van der Waals surface area contributed by atoms with Crippen LogP contribution in [0.3, 0.4) is 0 Å². The standard InChI is InChI=1S/C20H22N4O2/c1-13-21-12-18(26-13)15-3-4-16-11-22-19(10-17(16)9-15)23-20(25)14-5-7-24(2)8-6-14/h3-4,9-12,14H,5-8H2,1-2H3,(H,22,23,25)/i10D. The molecule has 0 saturated carbocycles. The highest BCUT2D eigenvalue weighted by molar-refractivity contribution is 5.94. The largest absolute Gasteiger partial charge is 0.441 e. The number of fused-ring (bicyclic) bond motifs is 1. The molecular formula is C20H22N4O2. The second-order valence-electron chi connectivity index (χ2n) is 6.84. The molecule has 1 saturated heterocycles. The van der Waals surface area contributed by atoms with E-state index in [0.29, 0.717) is 17.5 Å². The van der Waals surface area contributed by atoms with Crippen LogP contribution in [0, 0.1) is 12.8 Å². The Hall–Kier alpha value is -2.73. The van der Waals surface area contributed by atoms with E-state index in [0.717, 1.165) is 42.3 Å². The van der Waals surface area contributed by atoms with Gasteiger partial charge in [0.1, 0.15) is 5.82 Å². The van der Waals surface area contributed by atoms with E-state index in [4.69, 9.17) is 5.79 Å². The number of nitrogens with zero attached hydrogens (tertiary/aromatic N) is 3. The van der Waals surface area contributed by atoms with Gasteiger partial charge in [0.05, 0.1) is 7.57 Å². The number of hydrogen-bond acceptors (Lipinski definition) is 5. The van der Waals surface area contributed by atoms with Crippen molar-refractivity contribution in [1.29, 1.82) is 0 Å². The second kappa shape index (κ2) is 6.88. The Morgan fingerprint density at radius 3 is 2.81 bits per heavy atom. The first-order valence-corrected chi connectivity index (χ1v) is 8.83. The molecule has 134 valence electrons. The van der Waals surface area contributed by atoms with Crippen LogP contribution in [0.25, 0.3) is 22.1 Å². The number of benzene rings is 1. The number of amides is 1. The predicted molar refractivity (Wildman–Crippen MR) is 101 cm³/mol. The fourth-order valence-corrected chi connectivity index (χ4v) is 3.27. The monoisotopic (exact) mass is 351 g/mol. The van der Waals surface area contributed by atoms with Crippen molar-refractivity contribution in [3.8, 4) is 11.3 Å².